The largest absolute Gasteiger partial charge is 0.272 e. The fraction of sp³-hybridized carbons (Fsp3) is 0.833. The van der Waals surface area contributed by atoms with E-state index in [1.165, 1.54) is 17.8 Å². The topological polar surface area (TPSA) is 29.4 Å². The second-order valence-electron chi connectivity index (χ2n) is 2.62. The van der Waals surface area contributed by atoms with Gasteiger partial charge in [-0.25, -0.2) is 13.6 Å². The molecular weight excluding hydrogens is 172 g/mol. The number of nitrogens with zero attached hydrogens (tertiary/aromatic N) is 1. The fourth-order valence-electron chi connectivity index (χ4n) is 0.799. The van der Waals surface area contributed by atoms with Crippen molar-refractivity contribution in [2.45, 2.75) is 18.4 Å². The van der Waals surface area contributed by atoms with Gasteiger partial charge in [-0.05, 0) is 0 Å². The van der Waals surface area contributed by atoms with Crippen molar-refractivity contribution in [3.05, 3.63) is 0 Å². The van der Waals surface area contributed by atoms with Crippen molar-refractivity contribution in [3.63, 3.8) is 0 Å². The third-order valence-corrected chi connectivity index (χ3v) is 3.12. The number of alkyl halides is 2. The molecular formula is C6H7F2NOS. The van der Waals surface area contributed by atoms with E-state index >= 15 is 0 Å². The Bertz CT molecular complexity index is 203. The average molecular weight is 179 g/mol. The van der Waals surface area contributed by atoms with Gasteiger partial charge in [0.05, 0.1) is 0 Å². The van der Waals surface area contributed by atoms with Crippen LogP contribution in [0, 0.1) is 0 Å². The molecule has 1 aliphatic heterocycles. The standard InChI is InChI=1S/C6H7F2NOS/c1-5(7,8)6(9-4-10)2-11-3-6/h2-3H2,1H3. The third-order valence-electron chi connectivity index (χ3n) is 1.76. The number of isocyanates is 1. The Morgan fingerprint density at radius 1 is 1.64 bits per heavy atom. The summed E-state index contributed by atoms with van der Waals surface area (Å²) in [5.74, 6) is -2.48. The molecule has 0 aliphatic carbocycles. The van der Waals surface area contributed by atoms with E-state index in [9.17, 15) is 13.6 Å². The zero-order valence-electron chi connectivity index (χ0n) is 5.93. The van der Waals surface area contributed by atoms with Gasteiger partial charge in [-0.2, -0.15) is 16.8 Å². The van der Waals surface area contributed by atoms with Crippen molar-refractivity contribution in [1.29, 1.82) is 0 Å². The minimum atomic E-state index is -2.91. The molecule has 0 saturated carbocycles. The monoisotopic (exact) mass is 179 g/mol. The molecule has 1 saturated heterocycles. The summed E-state index contributed by atoms with van der Waals surface area (Å²) in [5, 5.41) is 0. The molecule has 0 atom stereocenters. The zero-order chi connectivity index (χ0) is 8.54. The van der Waals surface area contributed by atoms with Gasteiger partial charge in [0.1, 0.15) is 0 Å². The zero-order valence-corrected chi connectivity index (χ0v) is 6.75. The normalized spacial score (nSPS) is 21.7. The van der Waals surface area contributed by atoms with Crippen LogP contribution in [0.1, 0.15) is 6.92 Å². The molecule has 11 heavy (non-hydrogen) atoms. The highest BCUT2D eigenvalue weighted by Crippen LogP contribution is 2.44. The van der Waals surface area contributed by atoms with Crippen molar-refractivity contribution in [2.24, 2.45) is 4.99 Å². The van der Waals surface area contributed by atoms with Crippen molar-refractivity contribution in [3.8, 4) is 0 Å². The molecule has 1 rings (SSSR count). The van der Waals surface area contributed by atoms with Crippen LogP contribution in [0.3, 0.4) is 0 Å². The summed E-state index contributed by atoms with van der Waals surface area (Å²) >= 11 is 1.36. The summed E-state index contributed by atoms with van der Waals surface area (Å²) in [6.45, 7) is 0.785. The summed E-state index contributed by atoms with van der Waals surface area (Å²) in [7, 11) is 0. The van der Waals surface area contributed by atoms with Crippen molar-refractivity contribution in [1.82, 2.24) is 0 Å². The van der Waals surface area contributed by atoms with Gasteiger partial charge < -0.3 is 0 Å². The lowest BCUT2D eigenvalue weighted by Crippen LogP contribution is -2.54. The van der Waals surface area contributed by atoms with Crippen molar-refractivity contribution < 1.29 is 13.6 Å². The predicted octanol–water partition coefficient (Wildman–Crippen LogP) is 1.46. The molecule has 0 aromatic rings. The number of carbonyl (C=O) groups excluding carboxylic acids is 1. The number of hydrogen-bond donors (Lipinski definition) is 0. The summed E-state index contributed by atoms with van der Waals surface area (Å²) in [4.78, 5) is 13.0. The molecule has 62 valence electrons. The van der Waals surface area contributed by atoms with Gasteiger partial charge in [-0.3, -0.25) is 0 Å². The van der Waals surface area contributed by atoms with Crippen LogP contribution < -0.4 is 0 Å². The minimum Gasteiger partial charge on any atom is -0.211 e. The minimum absolute atomic E-state index is 0.214. The molecule has 0 amide bonds. The second-order valence-corrected chi connectivity index (χ2v) is 3.60. The van der Waals surface area contributed by atoms with E-state index in [1.54, 1.807) is 0 Å². The number of hydrogen-bond acceptors (Lipinski definition) is 3. The Hall–Kier alpha value is -0.410. The Kier molecular flexibility index (Phi) is 2.03. The van der Waals surface area contributed by atoms with Gasteiger partial charge in [0.15, 0.2) is 5.54 Å². The van der Waals surface area contributed by atoms with Crippen LogP contribution in [-0.2, 0) is 4.79 Å². The first-order chi connectivity index (χ1) is 5.02. The first kappa shape index (κ1) is 8.68. The maximum Gasteiger partial charge on any atom is 0.272 e. The molecule has 1 heterocycles. The van der Waals surface area contributed by atoms with E-state index in [2.05, 4.69) is 4.99 Å². The first-order valence-corrected chi connectivity index (χ1v) is 4.22. The van der Waals surface area contributed by atoms with Crippen LogP contribution in [0.25, 0.3) is 0 Å². The van der Waals surface area contributed by atoms with Gasteiger partial charge in [-0.15, -0.1) is 0 Å². The molecule has 0 aromatic heterocycles. The molecule has 0 radical (unpaired) electrons. The van der Waals surface area contributed by atoms with Gasteiger partial charge >= 0.3 is 0 Å². The number of rotatable bonds is 2. The highest BCUT2D eigenvalue weighted by Gasteiger charge is 2.55. The molecule has 2 nitrogen and oxygen atoms in total. The van der Waals surface area contributed by atoms with E-state index in [4.69, 9.17) is 0 Å². The highest BCUT2D eigenvalue weighted by molar-refractivity contribution is 8.00. The maximum atomic E-state index is 12.7. The molecule has 1 fully saturated rings. The van der Waals surface area contributed by atoms with E-state index in [0.29, 0.717) is 0 Å². The lowest BCUT2D eigenvalue weighted by Gasteiger charge is -2.40. The van der Waals surface area contributed by atoms with Gasteiger partial charge in [0.2, 0.25) is 6.08 Å². The first-order valence-electron chi connectivity index (χ1n) is 3.06. The molecule has 1 aliphatic rings. The maximum absolute atomic E-state index is 12.7. The van der Waals surface area contributed by atoms with Gasteiger partial charge in [-0.1, -0.05) is 0 Å². The van der Waals surface area contributed by atoms with E-state index < -0.39 is 11.5 Å². The van der Waals surface area contributed by atoms with Crippen LogP contribution >= 0.6 is 11.8 Å². The van der Waals surface area contributed by atoms with Crippen molar-refractivity contribution in [2.75, 3.05) is 11.5 Å². The summed E-state index contributed by atoms with van der Waals surface area (Å²) in [5.41, 5.74) is -1.46. The highest BCUT2D eigenvalue weighted by atomic mass is 32.2. The van der Waals surface area contributed by atoms with E-state index in [0.717, 1.165) is 6.92 Å². The summed E-state index contributed by atoms with van der Waals surface area (Å²) in [6.07, 6.45) is 1.20. The molecule has 0 aromatic carbocycles. The predicted molar refractivity (Wildman–Crippen MR) is 38.8 cm³/mol. The van der Waals surface area contributed by atoms with Crippen LogP contribution in [-0.4, -0.2) is 29.0 Å². The van der Waals surface area contributed by atoms with Gasteiger partial charge in [0.25, 0.3) is 5.92 Å². The van der Waals surface area contributed by atoms with Crippen molar-refractivity contribution >= 4 is 17.8 Å². The fourth-order valence-corrected chi connectivity index (χ4v) is 2.03. The van der Waals surface area contributed by atoms with Crippen LogP contribution in [0.4, 0.5) is 8.78 Å². The average Bonchev–Trinajstić information content (AvgIpc) is 1.75. The Balaban J connectivity index is 2.84. The lowest BCUT2D eigenvalue weighted by atomic mass is 9.97. The van der Waals surface area contributed by atoms with Crippen LogP contribution in [0.5, 0.6) is 0 Å². The number of halogens is 2. The molecule has 0 spiro atoms. The van der Waals surface area contributed by atoms with Gasteiger partial charge in [0, 0.05) is 18.4 Å². The SMILES string of the molecule is CC(F)(F)C1(N=C=O)CSC1. The van der Waals surface area contributed by atoms with Crippen LogP contribution in [0.15, 0.2) is 4.99 Å². The third kappa shape index (κ3) is 1.30. The Labute approximate surface area is 67.1 Å². The second kappa shape index (κ2) is 2.57. The molecule has 0 unspecified atom stereocenters. The number of aliphatic imine (C=N–C) groups is 1. The summed E-state index contributed by atoms with van der Waals surface area (Å²) < 4.78 is 25.4. The molecule has 5 heteroatoms. The summed E-state index contributed by atoms with van der Waals surface area (Å²) in [6, 6.07) is 0. The van der Waals surface area contributed by atoms with Crippen LogP contribution in [0.2, 0.25) is 0 Å². The molecule has 0 bridgehead atoms. The quantitative estimate of drug-likeness (QED) is 0.474. The smallest absolute Gasteiger partial charge is 0.211 e. The Morgan fingerprint density at radius 3 is 2.27 bits per heavy atom. The van der Waals surface area contributed by atoms with E-state index in [-0.39, 0.29) is 11.5 Å². The van der Waals surface area contributed by atoms with E-state index in [1.807, 2.05) is 0 Å². The lowest BCUT2D eigenvalue weighted by molar-refractivity contribution is -0.0408. The number of thioether (sulfide) groups is 1. The Morgan fingerprint density at radius 2 is 2.18 bits per heavy atom. The molecule has 0 N–H and O–H groups in total.